The molecule has 1 unspecified atom stereocenters. The van der Waals surface area contributed by atoms with Crippen molar-refractivity contribution in [1.82, 2.24) is 0 Å². The first-order valence-corrected chi connectivity index (χ1v) is 11.1. The number of nitrogens with one attached hydrogen (secondary N) is 1. The Hall–Kier alpha value is -3.19. The normalized spacial score (nSPS) is 12.3. The Morgan fingerprint density at radius 2 is 1.62 bits per heavy atom. The van der Waals surface area contributed by atoms with Crippen molar-refractivity contribution in [2.45, 2.75) is 18.8 Å². The summed E-state index contributed by atoms with van der Waals surface area (Å²) in [7, 11) is -3.16. The van der Waals surface area contributed by atoms with E-state index in [1.54, 1.807) is 18.2 Å². The minimum absolute atomic E-state index is 0.105. The monoisotopic (exact) mass is 411 g/mol. The SMILES string of the molecule is CC(OC(=O)c1ccc(CS(C)(=O)=O)cc1)C(=O)Nc1cccc2ccccc12. The lowest BCUT2D eigenvalue weighted by Crippen LogP contribution is -2.30. The van der Waals surface area contributed by atoms with Gasteiger partial charge < -0.3 is 10.1 Å². The van der Waals surface area contributed by atoms with Gasteiger partial charge in [-0.25, -0.2) is 13.2 Å². The van der Waals surface area contributed by atoms with Crippen LogP contribution in [0.25, 0.3) is 10.8 Å². The molecule has 0 radical (unpaired) electrons. The quantitative estimate of drug-likeness (QED) is 0.627. The summed E-state index contributed by atoms with van der Waals surface area (Å²) in [5.41, 5.74) is 1.46. The van der Waals surface area contributed by atoms with Gasteiger partial charge in [-0.05, 0) is 36.1 Å². The Labute approximate surface area is 169 Å². The van der Waals surface area contributed by atoms with Crippen molar-refractivity contribution in [2.24, 2.45) is 0 Å². The van der Waals surface area contributed by atoms with Crippen molar-refractivity contribution in [3.05, 3.63) is 77.9 Å². The molecule has 3 aromatic carbocycles. The van der Waals surface area contributed by atoms with Gasteiger partial charge in [0.05, 0.1) is 11.3 Å². The molecule has 0 aliphatic heterocycles. The van der Waals surface area contributed by atoms with E-state index >= 15 is 0 Å². The topological polar surface area (TPSA) is 89.5 Å². The van der Waals surface area contributed by atoms with Crippen LogP contribution in [0.2, 0.25) is 0 Å². The number of esters is 1. The summed E-state index contributed by atoms with van der Waals surface area (Å²) in [6.07, 6.45) is 0.142. The van der Waals surface area contributed by atoms with Crippen LogP contribution in [0, 0.1) is 0 Å². The highest BCUT2D eigenvalue weighted by Crippen LogP contribution is 2.23. The molecule has 0 aliphatic carbocycles. The molecule has 29 heavy (non-hydrogen) atoms. The minimum atomic E-state index is -3.16. The number of amides is 1. The minimum Gasteiger partial charge on any atom is -0.449 e. The predicted octanol–water partition coefficient (Wildman–Crippen LogP) is 3.57. The molecule has 3 aromatic rings. The highest BCUT2D eigenvalue weighted by molar-refractivity contribution is 7.89. The van der Waals surface area contributed by atoms with E-state index < -0.39 is 27.8 Å². The first kappa shape index (κ1) is 20.5. The van der Waals surface area contributed by atoms with Gasteiger partial charge >= 0.3 is 5.97 Å². The number of anilines is 1. The zero-order chi connectivity index (χ0) is 21.0. The number of benzene rings is 3. The summed E-state index contributed by atoms with van der Waals surface area (Å²) < 4.78 is 27.9. The van der Waals surface area contributed by atoms with E-state index in [9.17, 15) is 18.0 Å². The lowest BCUT2D eigenvalue weighted by molar-refractivity contribution is -0.123. The van der Waals surface area contributed by atoms with E-state index in [0.717, 1.165) is 17.0 Å². The highest BCUT2D eigenvalue weighted by atomic mass is 32.2. The number of hydrogen-bond donors (Lipinski definition) is 1. The third kappa shape index (κ3) is 5.42. The van der Waals surface area contributed by atoms with E-state index in [1.165, 1.54) is 19.1 Å². The summed E-state index contributed by atoms with van der Waals surface area (Å²) in [6, 6.07) is 19.3. The Kier molecular flexibility index (Phi) is 5.98. The van der Waals surface area contributed by atoms with Gasteiger partial charge in [0.25, 0.3) is 5.91 Å². The third-order valence-corrected chi connectivity index (χ3v) is 5.18. The van der Waals surface area contributed by atoms with Crippen LogP contribution in [0.3, 0.4) is 0 Å². The lowest BCUT2D eigenvalue weighted by Gasteiger charge is -2.15. The fraction of sp³-hybridized carbons (Fsp3) is 0.182. The van der Waals surface area contributed by atoms with Gasteiger partial charge in [-0.15, -0.1) is 0 Å². The molecule has 0 aromatic heterocycles. The van der Waals surface area contributed by atoms with Crippen LogP contribution in [-0.4, -0.2) is 32.7 Å². The van der Waals surface area contributed by atoms with Crippen LogP contribution >= 0.6 is 0 Å². The molecule has 0 heterocycles. The van der Waals surface area contributed by atoms with Gasteiger partial charge in [-0.2, -0.15) is 0 Å². The van der Waals surface area contributed by atoms with E-state index in [2.05, 4.69) is 5.32 Å². The summed E-state index contributed by atoms with van der Waals surface area (Å²) in [4.78, 5) is 24.8. The van der Waals surface area contributed by atoms with Crippen molar-refractivity contribution in [2.75, 3.05) is 11.6 Å². The molecule has 6 nitrogen and oxygen atoms in total. The summed E-state index contributed by atoms with van der Waals surface area (Å²) in [5.74, 6) is -1.20. The zero-order valence-corrected chi connectivity index (χ0v) is 16.9. The largest absolute Gasteiger partial charge is 0.449 e. The van der Waals surface area contributed by atoms with Gasteiger partial charge in [-0.1, -0.05) is 48.5 Å². The Balaban J connectivity index is 1.65. The van der Waals surface area contributed by atoms with Crippen LogP contribution in [0.15, 0.2) is 66.7 Å². The fourth-order valence-corrected chi connectivity index (χ4v) is 3.69. The third-order valence-electron chi connectivity index (χ3n) is 4.32. The average molecular weight is 411 g/mol. The number of carbonyl (C=O) groups is 2. The Bertz CT molecular complexity index is 1150. The first-order chi connectivity index (χ1) is 13.7. The van der Waals surface area contributed by atoms with Crippen molar-refractivity contribution < 1.29 is 22.7 Å². The maximum atomic E-state index is 12.5. The van der Waals surface area contributed by atoms with Crippen molar-refractivity contribution in [3.8, 4) is 0 Å². The van der Waals surface area contributed by atoms with E-state index in [-0.39, 0.29) is 11.3 Å². The highest BCUT2D eigenvalue weighted by Gasteiger charge is 2.20. The maximum absolute atomic E-state index is 12.5. The molecule has 1 atom stereocenters. The summed E-state index contributed by atoms with van der Waals surface area (Å²) in [6.45, 7) is 1.50. The molecular formula is C22H21NO5S. The second kappa shape index (κ2) is 8.45. The number of sulfone groups is 1. The molecule has 1 N–H and O–H groups in total. The molecule has 0 saturated heterocycles. The van der Waals surface area contributed by atoms with Crippen LogP contribution < -0.4 is 5.32 Å². The Morgan fingerprint density at radius 1 is 0.966 bits per heavy atom. The first-order valence-electron chi connectivity index (χ1n) is 8.99. The Morgan fingerprint density at radius 3 is 2.31 bits per heavy atom. The van der Waals surface area contributed by atoms with E-state index in [0.29, 0.717) is 11.3 Å². The van der Waals surface area contributed by atoms with Crippen LogP contribution in [-0.2, 0) is 25.1 Å². The smallest absolute Gasteiger partial charge is 0.338 e. The van der Waals surface area contributed by atoms with Crippen molar-refractivity contribution in [1.29, 1.82) is 0 Å². The molecular weight excluding hydrogens is 390 g/mol. The van der Waals surface area contributed by atoms with Crippen LogP contribution in [0.4, 0.5) is 5.69 Å². The second-order valence-electron chi connectivity index (χ2n) is 6.83. The van der Waals surface area contributed by atoms with Crippen molar-refractivity contribution >= 4 is 38.2 Å². The maximum Gasteiger partial charge on any atom is 0.338 e. The average Bonchev–Trinajstić information content (AvgIpc) is 2.67. The van der Waals surface area contributed by atoms with Crippen LogP contribution in [0.5, 0.6) is 0 Å². The van der Waals surface area contributed by atoms with Gasteiger partial charge in [-0.3, -0.25) is 4.79 Å². The molecule has 0 saturated carbocycles. The number of rotatable bonds is 6. The van der Waals surface area contributed by atoms with Crippen LogP contribution in [0.1, 0.15) is 22.8 Å². The molecule has 150 valence electrons. The lowest BCUT2D eigenvalue weighted by atomic mass is 10.1. The molecule has 7 heteroatoms. The molecule has 1 amide bonds. The van der Waals surface area contributed by atoms with Gasteiger partial charge in [0, 0.05) is 17.3 Å². The van der Waals surface area contributed by atoms with Gasteiger partial charge in [0.15, 0.2) is 15.9 Å². The number of hydrogen-bond acceptors (Lipinski definition) is 5. The molecule has 0 bridgehead atoms. The fourth-order valence-electron chi connectivity index (χ4n) is 2.89. The van der Waals surface area contributed by atoms with E-state index in [1.807, 2.05) is 36.4 Å². The van der Waals surface area contributed by atoms with Gasteiger partial charge in [0.1, 0.15) is 0 Å². The van der Waals surface area contributed by atoms with E-state index in [4.69, 9.17) is 4.74 Å². The predicted molar refractivity (Wildman–Crippen MR) is 112 cm³/mol. The molecule has 3 rings (SSSR count). The molecule has 0 spiro atoms. The van der Waals surface area contributed by atoms with Crippen molar-refractivity contribution in [3.63, 3.8) is 0 Å². The molecule has 0 fully saturated rings. The summed E-state index contributed by atoms with van der Waals surface area (Å²) >= 11 is 0. The number of fused-ring (bicyclic) bond motifs is 1. The zero-order valence-electron chi connectivity index (χ0n) is 16.1. The number of ether oxygens (including phenoxy) is 1. The number of carbonyl (C=O) groups excluding carboxylic acids is 2. The second-order valence-corrected chi connectivity index (χ2v) is 8.97. The standard InChI is InChI=1S/C22H21NO5S/c1-15(21(24)23-20-9-5-7-17-6-3-4-8-19(17)20)28-22(25)18-12-10-16(11-13-18)14-29(2,26)27/h3-13,15H,14H2,1-2H3,(H,23,24). The summed E-state index contributed by atoms with van der Waals surface area (Å²) in [5, 5.41) is 4.68. The van der Waals surface area contributed by atoms with Gasteiger partial charge in [0.2, 0.25) is 0 Å². The molecule has 0 aliphatic rings.